The van der Waals surface area contributed by atoms with Gasteiger partial charge in [0.15, 0.2) is 0 Å². The molecule has 0 saturated carbocycles. The number of carbonyl (C=O) groups is 1. The number of hydrogen-bond acceptors (Lipinski definition) is 3. The summed E-state index contributed by atoms with van der Waals surface area (Å²) in [6.07, 6.45) is 6.97. The number of amides is 1. The molecule has 2 saturated heterocycles. The normalized spacial score (nSPS) is 22.2. The summed E-state index contributed by atoms with van der Waals surface area (Å²) in [5, 5.41) is 5.52. The van der Waals surface area contributed by atoms with Crippen molar-refractivity contribution in [3.05, 3.63) is 57.8 Å². The molecule has 3 heterocycles. The van der Waals surface area contributed by atoms with E-state index in [0.29, 0.717) is 5.92 Å². The summed E-state index contributed by atoms with van der Waals surface area (Å²) in [7, 11) is 0. The van der Waals surface area contributed by atoms with E-state index in [4.69, 9.17) is 0 Å². The van der Waals surface area contributed by atoms with Crippen LogP contribution in [0, 0.1) is 0 Å². The SMILES string of the molecule is O=C(c1csc(C2CCNCC2)c1)N1CCCCCC1c1ccccc1. The highest BCUT2D eigenvalue weighted by molar-refractivity contribution is 7.10. The Bertz CT molecular complexity index is 721. The van der Waals surface area contributed by atoms with Crippen LogP contribution in [0.15, 0.2) is 41.8 Å². The molecule has 3 nitrogen and oxygen atoms in total. The summed E-state index contributed by atoms with van der Waals surface area (Å²) in [4.78, 5) is 16.9. The van der Waals surface area contributed by atoms with Crippen LogP contribution in [0.4, 0.5) is 0 Å². The van der Waals surface area contributed by atoms with E-state index >= 15 is 0 Å². The first kappa shape index (κ1) is 17.7. The molecule has 26 heavy (non-hydrogen) atoms. The number of carbonyl (C=O) groups excluding carboxylic acids is 1. The van der Waals surface area contributed by atoms with Gasteiger partial charge in [-0.25, -0.2) is 0 Å². The lowest BCUT2D eigenvalue weighted by molar-refractivity contribution is 0.0681. The van der Waals surface area contributed by atoms with Crippen LogP contribution in [0.2, 0.25) is 0 Å². The van der Waals surface area contributed by atoms with Gasteiger partial charge in [0.1, 0.15) is 0 Å². The monoisotopic (exact) mass is 368 g/mol. The summed E-state index contributed by atoms with van der Waals surface area (Å²) in [6, 6.07) is 13.0. The molecule has 2 fully saturated rings. The van der Waals surface area contributed by atoms with Crippen molar-refractivity contribution in [2.45, 2.75) is 50.5 Å². The standard InChI is InChI=1S/C22H28N2OS/c25-22(19-15-21(26-16-19)18-10-12-23-13-11-18)24-14-6-2-5-9-20(24)17-7-3-1-4-8-17/h1,3-4,7-8,15-16,18,20,23H,2,5-6,9-14H2. The Morgan fingerprint density at radius 2 is 1.85 bits per heavy atom. The van der Waals surface area contributed by atoms with Gasteiger partial charge in [-0.2, -0.15) is 0 Å². The maximum Gasteiger partial charge on any atom is 0.255 e. The quantitative estimate of drug-likeness (QED) is 0.829. The second-order valence-corrected chi connectivity index (χ2v) is 8.48. The lowest BCUT2D eigenvalue weighted by Gasteiger charge is -2.30. The fraction of sp³-hybridized carbons (Fsp3) is 0.500. The van der Waals surface area contributed by atoms with Gasteiger partial charge >= 0.3 is 0 Å². The fourth-order valence-electron chi connectivity index (χ4n) is 4.32. The van der Waals surface area contributed by atoms with Gasteiger partial charge in [-0.1, -0.05) is 43.2 Å². The Labute approximate surface area is 160 Å². The molecule has 2 aromatic rings. The first-order valence-corrected chi connectivity index (χ1v) is 10.9. The number of piperidine rings is 1. The van der Waals surface area contributed by atoms with E-state index < -0.39 is 0 Å². The zero-order valence-electron chi connectivity index (χ0n) is 15.3. The highest BCUT2D eigenvalue weighted by atomic mass is 32.1. The second-order valence-electron chi connectivity index (χ2n) is 7.54. The van der Waals surface area contributed by atoms with Crippen molar-refractivity contribution in [2.75, 3.05) is 19.6 Å². The summed E-state index contributed by atoms with van der Waals surface area (Å²) >= 11 is 1.78. The third-order valence-electron chi connectivity index (χ3n) is 5.81. The average Bonchev–Trinajstić information content (AvgIpc) is 3.07. The van der Waals surface area contributed by atoms with E-state index in [1.807, 2.05) is 0 Å². The summed E-state index contributed by atoms with van der Waals surface area (Å²) in [5.74, 6) is 0.842. The Morgan fingerprint density at radius 1 is 1.04 bits per heavy atom. The predicted molar refractivity (Wildman–Crippen MR) is 108 cm³/mol. The number of benzene rings is 1. The first-order chi connectivity index (χ1) is 12.8. The van der Waals surface area contributed by atoms with Crippen molar-refractivity contribution in [1.29, 1.82) is 0 Å². The van der Waals surface area contributed by atoms with Gasteiger partial charge in [0.05, 0.1) is 11.6 Å². The van der Waals surface area contributed by atoms with E-state index in [9.17, 15) is 4.79 Å². The van der Waals surface area contributed by atoms with E-state index in [1.54, 1.807) is 11.3 Å². The van der Waals surface area contributed by atoms with Crippen LogP contribution in [-0.2, 0) is 0 Å². The molecule has 2 aliphatic rings. The molecule has 2 aliphatic heterocycles. The smallest absolute Gasteiger partial charge is 0.255 e. The molecule has 1 aromatic heterocycles. The van der Waals surface area contributed by atoms with Crippen molar-refractivity contribution in [3.63, 3.8) is 0 Å². The number of hydrogen-bond donors (Lipinski definition) is 1. The molecule has 1 aromatic carbocycles. The maximum atomic E-state index is 13.4. The second kappa shape index (κ2) is 8.36. The fourth-order valence-corrected chi connectivity index (χ4v) is 5.38. The molecular weight excluding hydrogens is 340 g/mol. The van der Waals surface area contributed by atoms with E-state index in [0.717, 1.165) is 38.0 Å². The van der Waals surface area contributed by atoms with Crippen molar-refractivity contribution in [2.24, 2.45) is 0 Å². The van der Waals surface area contributed by atoms with Crippen LogP contribution in [0.25, 0.3) is 0 Å². The Hall–Kier alpha value is -1.65. The number of likely N-dealkylation sites (tertiary alicyclic amines) is 1. The Kier molecular flexibility index (Phi) is 5.71. The minimum atomic E-state index is 0.216. The molecule has 4 heteroatoms. The minimum Gasteiger partial charge on any atom is -0.332 e. The van der Waals surface area contributed by atoms with Crippen LogP contribution >= 0.6 is 11.3 Å². The van der Waals surface area contributed by atoms with Gasteiger partial charge in [0.25, 0.3) is 5.91 Å². The van der Waals surface area contributed by atoms with Crippen molar-refractivity contribution in [3.8, 4) is 0 Å². The molecule has 4 rings (SSSR count). The summed E-state index contributed by atoms with van der Waals surface area (Å²) in [6.45, 7) is 3.05. The molecular formula is C22H28N2OS. The molecule has 1 unspecified atom stereocenters. The average molecular weight is 369 g/mol. The zero-order chi connectivity index (χ0) is 17.8. The third-order valence-corrected chi connectivity index (χ3v) is 6.90. The summed E-state index contributed by atoms with van der Waals surface area (Å²) in [5.41, 5.74) is 2.17. The topological polar surface area (TPSA) is 32.3 Å². The zero-order valence-corrected chi connectivity index (χ0v) is 16.1. The third kappa shape index (κ3) is 3.86. The van der Waals surface area contributed by atoms with Gasteiger partial charge < -0.3 is 10.2 Å². The Balaban J connectivity index is 1.55. The van der Waals surface area contributed by atoms with Crippen molar-refractivity contribution < 1.29 is 4.79 Å². The molecule has 138 valence electrons. The first-order valence-electron chi connectivity index (χ1n) is 9.98. The van der Waals surface area contributed by atoms with Crippen LogP contribution in [0.5, 0.6) is 0 Å². The van der Waals surface area contributed by atoms with Gasteiger partial charge in [0.2, 0.25) is 0 Å². The van der Waals surface area contributed by atoms with Gasteiger partial charge in [-0.15, -0.1) is 11.3 Å². The molecule has 0 spiro atoms. The minimum absolute atomic E-state index is 0.216. The van der Waals surface area contributed by atoms with Gasteiger partial charge in [-0.05, 0) is 56.3 Å². The van der Waals surface area contributed by atoms with Crippen molar-refractivity contribution >= 4 is 17.2 Å². The van der Waals surface area contributed by atoms with E-state index in [1.165, 1.54) is 36.1 Å². The highest BCUT2D eigenvalue weighted by Crippen LogP contribution is 2.34. The van der Waals surface area contributed by atoms with E-state index in [2.05, 4.69) is 52.0 Å². The molecule has 0 bridgehead atoms. The lowest BCUT2D eigenvalue weighted by Crippen LogP contribution is -2.34. The number of nitrogens with zero attached hydrogens (tertiary/aromatic N) is 1. The highest BCUT2D eigenvalue weighted by Gasteiger charge is 2.28. The van der Waals surface area contributed by atoms with Gasteiger partial charge in [0, 0.05) is 16.8 Å². The predicted octanol–water partition coefficient (Wildman–Crippen LogP) is 4.97. The van der Waals surface area contributed by atoms with Crippen LogP contribution in [0.1, 0.15) is 71.3 Å². The molecule has 0 radical (unpaired) electrons. The molecule has 1 N–H and O–H groups in total. The van der Waals surface area contributed by atoms with Crippen molar-refractivity contribution in [1.82, 2.24) is 10.2 Å². The lowest BCUT2D eigenvalue weighted by atomic mass is 9.96. The molecule has 0 aliphatic carbocycles. The van der Waals surface area contributed by atoms with Gasteiger partial charge in [-0.3, -0.25) is 4.79 Å². The largest absolute Gasteiger partial charge is 0.332 e. The molecule has 1 amide bonds. The van der Waals surface area contributed by atoms with Crippen LogP contribution in [-0.4, -0.2) is 30.4 Å². The summed E-state index contributed by atoms with van der Waals surface area (Å²) < 4.78 is 0. The maximum absolute atomic E-state index is 13.4. The molecule has 1 atom stereocenters. The number of rotatable bonds is 3. The number of nitrogens with one attached hydrogen (secondary N) is 1. The van der Waals surface area contributed by atoms with Crippen LogP contribution in [0.3, 0.4) is 0 Å². The van der Waals surface area contributed by atoms with E-state index in [-0.39, 0.29) is 11.9 Å². The van der Waals surface area contributed by atoms with Crippen LogP contribution < -0.4 is 5.32 Å². The Morgan fingerprint density at radius 3 is 2.65 bits per heavy atom. The number of thiophene rings is 1.